The van der Waals surface area contributed by atoms with E-state index in [2.05, 4.69) is 0 Å². The minimum absolute atomic E-state index is 0.0817. The second-order valence-corrected chi connectivity index (χ2v) is 5.36. The largest absolute Gasteiger partial charge is 0.477 e. The van der Waals surface area contributed by atoms with E-state index in [1.54, 1.807) is 0 Å². The smallest absolute Gasteiger partial charge is 0.346 e. The van der Waals surface area contributed by atoms with Gasteiger partial charge in [-0.15, -0.1) is 11.3 Å². The zero-order valence-electron chi connectivity index (χ0n) is 10.8. The third-order valence-electron chi connectivity index (χ3n) is 3.14. The topological polar surface area (TPSA) is 60.8 Å². The van der Waals surface area contributed by atoms with Crippen molar-refractivity contribution in [1.82, 2.24) is 4.90 Å². The molecule has 2 N–H and O–H groups in total. The maximum atomic E-state index is 11.4. The Morgan fingerprint density at radius 1 is 1.37 bits per heavy atom. The first kappa shape index (κ1) is 14.0. The van der Waals surface area contributed by atoms with Crippen LogP contribution in [-0.4, -0.2) is 40.8 Å². The average Bonchev–Trinajstić information content (AvgIpc) is 2.77. The number of likely N-dealkylation sites (N-methyl/N-ethyl adjacent to an activating group) is 1. The summed E-state index contributed by atoms with van der Waals surface area (Å²) in [6, 6.07) is 7.74. The van der Waals surface area contributed by atoms with E-state index >= 15 is 0 Å². The summed E-state index contributed by atoms with van der Waals surface area (Å²) in [5.74, 6) is -0.878. The lowest BCUT2D eigenvalue weighted by atomic mass is 10.1. The van der Waals surface area contributed by atoms with Crippen molar-refractivity contribution in [3.8, 4) is 0 Å². The van der Waals surface area contributed by atoms with E-state index in [1.807, 2.05) is 36.1 Å². The number of aromatic carboxylic acids is 1. The van der Waals surface area contributed by atoms with Gasteiger partial charge < -0.3 is 10.2 Å². The first-order valence-electron chi connectivity index (χ1n) is 6.24. The number of hydrogen-bond donors (Lipinski definition) is 2. The normalized spacial score (nSPS) is 11.3. The molecule has 0 aliphatic carbocycles. The number of carboxylic acid groups (broad SMARTS) is 1. The predicted octanol–water partition coefficient (Wildman–Crippen LogP) is 2.41. The van der Waals surface area contributed by atoms with Gasteiger partial charge in [-0.05, 0) is 23.6 Å². The minimum Gasteiger partial charge on any atom is -0.477 e. The molecular weight excluding hydrogens is 262 g/mol. The zero-order chi connectivity index (χ0) is 13.8. The first-order chi connectivity index (χ1) is 9.17. The fraction of sp³-hybridized carbons (Fsp3) is 0.357. The quantitative estimate of drug-likeness (QED) is 0.852. The molecule has 102 valence electrons. The molecule has 0 aliphatic rings. The van der Waals surface area contributed by atoms with Crippen LogP contribution in [0, 0.1) is 0 Å². The molecule has 0 fully saturated rings. The van der Waals surface area contributed by atoms with Gasteiger partial charge in [0.05, 0.1) is 6.61 Å². The Balaban J connectivity index is 2.44. The number of aliphatic hydroxyl groups excluding tert-OH is 1. The van der Waals surface area contributed by atoms with Crippen molar-refractivity contribution in [2.75, 3.05) is 19.7 Å². The van der Waals surface area contributed by atoms with Gasteiger partial charge in [0.2, 0.25) is 0 Å². The standard InChI is InChI=1S/C14H17NO3S/c1-2-15(7-8-16)9-11-10-5-3-4-6-12(10)19-13(11)14(17)18/h3-6,16H,2,7-9H2,1H3,(H,17,18). The number of carboxylic acids is 1. The van der Waals surface area contributed by atoms with Crippen molar-refractivity contribution in [2.24, 2.45) is 0 Å². The highest BCUT2D eigenvalue weighted by atomic mass is 32.1. The van der Waals surface area contributed by atoms with Crippen LogP contribution in [0.1, 0.15) is 22.2 Å². The van der Waals surface area contributed by atoms with E-state index in [-0.39, 0.29) is 6.61 Å². The summed E-state index contributed by atoms with van der Waals surface area (Å²) in [4.78, 5) is 13.8. The summed E-state index contributed by atoms with van der Waals surface area (Å²) in [7, 11) is 0. The molecule has 2 rings (SSSR count). The SMILES string of the molecule is CCN(CCO)Cc1c(C(=O)O)sc2ccccc12. The maximum Gasteiger partial charge on any atom is 0.346 e. The van der Waals surface area contributed by atoms with E-state index < -0.39 is 5.97 Å². The van der Waals surface area contributed by atoms with Crippen molar-refractivity contribution in [2.45, 2.75) is 13.5 Å². The lowest BCUT2D eigenvalue weighted by molar-refractivity contribution is 0.0700. The summed E-state index contributed by atoms with van der Waals surface area (Å²) in [5, 5.41) is 19.4. The van der Waals surface area contributed by atoms with Crippen molar-refractivity contribution in [3.05, 3.63) is 34.7 Å². The fourth-order valence-electron chi connectivity index (χ4n) is 2.14. The zero-order valence-corrected chi connectivity index (χ0v) is 11.6. The number of thiophene rings is 1. The van der Waals surface area contributed by atoms with Crippen LogP contribution >= 0.6 is 11.3 Å². The molecule has 0 bridgehead atoms. The van der Waals surface area contributed by atoms with Crippen molar-refractivity contribution in [1.29, 1.82) is 0 Å². The molecule has 0 atom stereocenters. The molecule has 0 spiro atoms. The van der Waals surface area contributed by atoms with Crippen LogP contribution in [0.5, 0.6) is 0 Å². The maximum absolute atomic E-state index is 11.4. The highest BCUT2D eigenvalue weighted by Gasteiger charge is 2.19. The highest BCUT2D eigenvalue weighted by molar-refractivity contribution is 7.21. The number of fused-ring (bicyclic) bond motifs is 1. The van der Waals surface area contributed by atoms with E-state index in [4.69, 9.17) is 5.11 Å². The van der Waals surface area contributed by atoms with Crippen LogP contribution in [0.4, 0.5) is 0 Å². The van der Waals surface area contributed by atoms with Crippen LogP contribution in [0.3, 0.4) is 0 Å². The number of hydrogen-bond acceptors (Lipinski definition) is 4. The molecule has 1 aromatic heterocycles. The lowest BCUT2D eigenvalue weighted by Gasteiger charge is -2.19. The van der Waals surface area contributed by atoms with E-state index in [1.165, 1.54) is 11.3 Å². The van der Waals surface area contributed by atoms with Crippen LogP contribution < -0.4 is 0 Å². The van der Waals surface area contributed by atoms with Crippen molar-refractivity contribution < 1.29 is 15.0 Å². The van der Waals surface area contributed by atoms with Crippen molar-refractivity contribution in [3.63, 3.8) is 0 Å². The molecule has 0 unspecified atom stereocenters. The third-order valence-corrected chi connectivity index (χ3v) is 4.34. The Morgan fingerprint density at radius 2 is 2.11 bits per heavy atom. The Bertz CT molecular complexity index is 579. The fourth-order valence-corrected chi connectivity index (χ4v) is 3.20. The Kier molecular flexibility index (Phi) is 4.52. The molecule has 0 saturated carbocycles. The summed E-state index contributed by atoms with van der Waals surface area (Å²) >= 11 is 1.31. The molecule has 0 amide bonds. The average molecular weight is 279 g/mol. The molecule has 0 saturated heterocycles. The summed E-state index contributed by atoms with van der Waals surface area (Å²) < 4.78 is 0.995. The van der Waals surface area contributed by atoms with Gasteiger partial charge in [-0.1, -0.05) is 25.1 Å². The molecule has 1 heterocycles. The Morgan fingerprint density at radius 3 is 2.74 bits per heavy atom. The van der Waals surface area contributed by atoms with Gasteiger partial charge in [0, 0.05) is 17.8 Å². The van der Waals surface area contributed by atoms with Crippen molar-refractivity contribution >= 4 is 27.4 Å². The van der Waals surface area contributed by atoms with Gasteiger partial charge in [-0.3, -0.25) is 4.90 Å². The number of benzene rings is 1. The van der Waals surface area contributed by atoms with Gasteiger partial charge >= 0.3 is 5.97 Å². The summed E-state index contributed by atoms with van der Waals surface area (Å²) in [6.07, 6.45) is 0. The first-order valence-corrected chi connectivity index (χ1v) is 7.06. The van der Waals surface area contributed by atoms with E-state index in [0.717, 1.165) is 22.2 Å². The molecule has 0 aliphatic heterocycles. The minimum atomic E-state index is -0.878. The molecular formula is C14H17NO3S. The van der Waals surface area contributed by atoms with Gasteiger partial charge in [0.25, 0.3) is 0 Å². The molecule has 0 radical (unpaired) electrons. The van der Waals surface area contributed by atoms with Crippen LogP contribution in [0.2, 0.25) is 0 Å². The van der Waals surface area contributed by atoms with E-state index in [9.17, 15) is 9.90 Å². The van der Waals surface area contributed by atoms with Gasteiger partial charge in [0.1, 0.15) is 4.88 Å². The second-order valence-electron chi connectivity index (χ2n) is 4.30. The van der Waals surface area contributed by atoms with Crippen LogP contribution in [0.25, 0.3) is 10.1 Å². The van der Waals surface area contributed by atoms with Gasteiger partial charge in [-0.2, -0.15) is 0 Å². The van der Waals surface area contributed by atoms with Gasteiger partial charge in [-0.25, -0.2) is 4.79 Å². The van der Waals surface area contributed by atoms with Gasteiger partial charge in [0.15, 0.2) is 0 Å². The van der Waals surface area contributed by atoms with Crippen LogP contribution in [0.15, 0.2) is 24.3 Å². The number of rotatable bonds is 6. The molecule has 19 heavy (non-hydrogen) atoms. The third kappa shape index (κ3) is 2.94. The monoisotopic (exact) mass is 279 g/mol. The molecule has 2 aromatic rings. The molecule has 1 aromatic carbocycles. The highest BCUT2D eigenvalue weighted by Crippen LogP contribution is 2.32. The number of aliphatic hydroxyl groups is 1. The van der Waals surface area contributed by atoms with Crippen LogP contribution in [-0.2, 0) is 6.54 Å². The molecule has 5 heteroatoms. The molecule has 4 nitrogen and oxygen atoms in total. The number of carbonyl (C=O) groups is 1. The summed E-state index contributed by atoms with van der Waals surface area (Å²) in [6.45, 7) is 3.98. The Labute approximate surface area is 115 Å². The lowest BCUT2D eigenvalue weighted by Crippen LogP contribution is -2.26. The Hall–Kier alpha value is -1.43. The van der Waals surface area contributed by atoms with E-state index in [0.29, 0.717) is 18.0 Å². The number of nitrogens with zero attached hydrogens (tertiary/aromatic N) is 1. The summed E-state index contributed by atoms with van der Waals surface area (Å²) in [5.41, 5.74) is 0.850. The second kappa shape index (κ2) is 6.14. The predicted molar refractivity (Wildman–Crippen MR) is 76.8 cm³/mol.